The zero-order valence-corrected chi connectivity index (χ0v) is 23.3. The van der Waals surface area contributed by atoms with Crippen LogP contribution in [-0.4, -0.2) is 44.9 Å². The fourth-order valence-corrected chi connectivity index (χ4v) is 6.02. The lowest BCUT2D eigenvalue weighted by Crippen LogP contribution is -2.43. The summed E-state index contributed by atoms with van der Waals surface area (Å²) in [5, 5.41) is 7.72. The molecule has 200 valence electrons. The van der Waals surface area contributed by atoms with Crippen molar-refractivity contribution in [1.82, 2.24) is 10.2 Å². The van der Waals surface area contributed by atoms with E-state index in [0.29, 0.717) is 29.7 Å². The van der Waals surface area contributed by atoms with Crippen molar-refractivity contribution in [2.24, 2.45) is 9.98 Å². The van der Waals surface area contributed by atoms with Crippen molar-refractivity contribution in [2.75, 3.05) is 5.32 Å². The zero-order chi connectivity index (χ0) is 27.4. The van der Waals surface area contributed by atoms with Gasteiger partial charge in [-0.25, -0.2) is 9.89 Å². The number of fused-ring (bicyclic) bond motifs is 3. The van der Waals surface area contributed by atoms with E-state index < -0.39 is 11.3 Å². The Morgan fingerprint density at radius 3 is 2.59 bits per heavy atom. The highest BCUT2D eigenvalue weighted by molar-refractivity contribution is 8.15. The Balaban J connectivity index is 1.33. The van der Waals surface area contributed by atoms with Crippen LogP contribution in [0.4, 0.5) is 11.4 Å². The number of nitrogens with one attached hydrogen (secondary N) is 2. The Kier molecular flexibility index (Phi) is 8.23. The second-order valence-corrected chi connectivity index (χ2v) is 11.4. The second kappa shape index (κ2) is 12.0. The van der Waals surface area contributed by atoms with Gasteiger partial charge in [0.1, 0.15) is 11.9 Å². The van der Waals surface area contributed by atoms with Crippen molar-refractivity contribution in [3.8, 4) is 0 Å². The Morgan fingerprint density at radius 1 is 1.08 bits per heavy atom. The van der Waals surface area contributed by atoms with Crippen molar-refractivity contribution in [3.05, 3.63) is 82.0 Å². The molecule has 39 heavy (non-hydrogen) atoms. The van der Waals surface area contributed by atoms with Gasteiger partial charge in [-0.15, -0.1) is 11.3 Å². The first-order valence-corrected chi connectivity index (χ1v) is 14.7. The second-order valence-electron chi connectivity index (χ2n) is 9.17. The summed E-state index contributed by atoms with van der Waals surface area (Å²) in [5.74, 6) is -0.259. The molecule has 0 spiro atoms. The molecule has 5 rings (SSSR count). The van der Waals surface area contributed by atoms with Crippen molar-refractivity contribution in [1.29, 1.82) is 0 Å². The van der Waals surface area contributed by atoms with Gasteiger partial charge in [0.25, 0.3) is 5.91 Å². The van der Waals surface area contributed by atoms with Crippen molar-refractivity contribution in [2.45, 2.75) is 50.9 Å². The predicted octanol–water partition coefficient (Wildman–Crippen LogP) is 5.13. The molecule has 2 aliphatic rings. The third-order valence-electron chi connectivity index (χ3n) is 6.51. The number of carbonyl (C=O) groups is 3. The Bertz CT molecular complexity index is 1430. The molecule has 8 nitrogen and oxygen atoms in total. The molecule has 0 saturated heterocycles. The van der Waals surface area contributed by atoms with Gasteiger partial charge in [-0.1, -0.05) is 55.9 Å². The Hall–Kier alpha value is -3.76. The third kappa shape index (κ3) is 5.97. The highest BCUT2D eigenvalue weighted by atomic mass is 32.2. The van der Waals surface area contributed by atoms with Crippen LogP contribution in [0.3, 0.4) is 0 Å². The number of thiophene rings is 1. The van der Waals surface area contributed by atoms with Crippen LogP contribution in [0.15, 0.2) is 76.0 Å². The molecule has 3 heterocycles. The number of anilines is 1. The molecule has 0 saturated carbocycles. The number of benzene rings is 2. The van der Waals surface area contributed by atoms with Crippen LogP contribution >= 0.6 is 23.1 Å². The highest BCUT2D eigenvalue weighted by Crippen LogP contribution is 2.36. The number of hydrogen-bond acceptors (Lipinski definition) is 7. The monoisotopic (exact) mass is 559 g/mol. The van der Waals surface area contributed by atoms with Gasteiger partial charge in [0.05, 0.1) is 23.9 Å². The molecule has 3 amide bonds. The number of thioether (sulfide) groups is 1. The van der Waals surface area contributed by atoms with Gasteiger partial charge >= 0.3 is 0 Å². The maximum absolute atomic E-state index is 13.6. The van der Waals surface area contributed by atoms with E-state index in [4.69, 9.17) is 4.99 Å². The average Bonchev–Trinajstić information content (AvgIpc) is 3.59. The first-order valence-electron chi connectivity index (χ1n) is 12.9. The summed E-state index contributed by atoms with van der Waals surface area (Å²) in [6, 6.07) is 18.3. The van der Waals surface area contributed by atoms with Crippen LogP contribution in [0, 0.1) is 0 Å². The topological polar surface area (TPSA) is 103 Å². The predicted molar refractivity (Wildman–Crippen MR) is 158 cm³/mol. The van der Waals surface area contributed by atoms with Crippen LogP contribution in [0.5, 0.6) is 0 Å². The highest BCUT2D eigenvalue weighted by Gasteiger charge is 2.43. The van der Waals surface area contributed by atoms with Crippen LogP contribution in [0.2, 0.25) is 0 Å². The van der Waals surface area contributed by atoms with Gasteiger partial charge in [-0.2, -0.15) is 0 Å². The summed E-state index contributed by atoms with van der Waals surface area (Å²) < 4.78 is 0. The van der Waals surface area contributed by atoms with Gasteiger partial charge < -0.3 is 10.6 Å². The third-order valence-corrected chi connectivity index (χ3v) is 8.70. The van der Waals surface area contributed by atoms with Crippen LogP contribution in [-0.2, 0) is 27.3 Å². The van der Waals surface area contributed by atoms with Crippen LogP contribution < -0.4 is 10.6 Å². The molecule has 0 bridgehead atoms. The lowest BCUT2D eigenvalue weighted by Gasteiger charge is -2.27. The fourth-order valence-electron chi connectivity index (χ4n) is 4.36. The number of aliphatic imine (C=N–C) groups is 2. The molecule has 0 fully saturated rings. The largest absolute Gasteiger partial charge is 0.351 e. The molecular formula is C29H29N5O3S2. The van der Waals surface area contributed by atoms with Crippen LogP contribution in [0.25, 0.3) is 0 Å². The Morgan fingerprint density at radius 2 is 1.87 bits per heavy atom. The number of rotatable bonds is 9. The van der Waals surface area contributed by atoms with E-state index >= 15 is 0 Å². The number of aryl methyl sites for hydroxylation is 1. The Labute approximate surface area is 235 Å². The molecule has 0 radical (unpaired) electrons. The van der Waals surface area contributed by atoms with E-state index in [1.807, 2.05) is 73.0 Å². The summed E-state index contributed by atoms with van der Waals surface area (Å²) in [6.45, 7) is 4.42. The summed E-state index contributed by atoms with van der Waals surface area (Å²) in [4.78, 5) is 51.3. The first-order chi connectivity index (χ1) is 19.0. The van der Waals surface area contributed by atoms with Gasteiger partial charge in [-0.3, -0.25) is 19.4 Å². The molecule has 1 aromatic heterocycles. The van der Waals surface area contributed by atoms with Crippen molar-refractivity contribution >= 4 is 63.2 Å². The van der Waals surface area contributed by atoms with Gasteiger partial charge in [0.15, 0.2) is 5.17 Å². The average molecular weight is 560 g/mol. The number of para-hydroxylation sites is 1. The lowest BCUT2D eigenvalue weighted by atomic mass is 10.1. The minimum Gasteiger partial charge on any atom is -0.351 e. The minimum absolute atomic E-state index is 0.0598. The summed E-state index contributed by atoms with van der Waals surface area (Å²) in [5.41, 5.74) is 3.32. The number of amidine groups is 2. The maximum atomic E-state index is 13.6. The molecule has 2 aromatic carbocycles. The van der Waals surface area contributed by atoms with E-state index in [2.05, 4.69) is 22.5 Å². The van der Waals surface area contributed by atoms with Crippen molar-refractivity contribution in [3.63, 3.8) is 0 Å². The van der Waals surface area contributed by atoms with Crippen LogP contribution in [0.1, 0.15) is 42.7 Å². The van der Waals surface area contributed by atoms with E-state index in [1.165, 1.54) is 22.2 Å². The number of amides is 3. The summed E-state index contributed by atoms with van der Waals surface area (Å²) in [6.07, 6.45) is 1.40. The SMILES string of the molecule is CCc1ccc(NC(=O)[C@H](CC)SC2=Nc3ccccc3C3=N[C@@H](CC(=O)NCc4cccs4)C(=O)N23)cc1. The van der Waals surface area contributed by atoms with E-state index in [1.54, 1.807) is 11.3 Å². The quantitative estimate of drug-likeness (QED) is 0.380. The standard InChI is InChI=1S/C29H29N5O3S2/c1-3-18-11-13-19(14-12-18)31-27(36)24(4-2)39-29-33-22-10-6-5-9-21(22)26-32-23(28(37)34(26)29)16-25(35)30-17-20-8-7-15-38-20/h5-15,23-24H,3-4,16-17H2,1-2H3,(H,30,35)(H,31,36)/t23-,24-/m0/s1. The van der Waals surface area contributed by atoms with Crippen molar-refractivity contribution < 1.29 is 14.4 Å². The maximum Gasteiger partial charge on any atom is 0.259 e. The summed E-state index contributed by atoms with van der Waals surface area (Å²) >= 11 is 2.80. The number of hydrogen-bond donors (Lipinski definition) is 2. The number of nitrogens with zero attached hydrogens (tertiary/aromatic N) is 3. The van der Waals surface area contributed by atoms with Gasteiger partial charge in [0, 0.05) is 16.1 Å². The molecule has 3 aromatic rings. The summed E-state index contributed by atoms with van der Waals surface area (Å²) in [7, 11) is 0. The number of carbonyl (C=O) groups excluding carboxylic acids is 3. The minimum atomic E-state index is -0.855. The zero-order valence-electron chi connectivity index (χ0n) is 21.7. The van der Waals surface area contributed by atoms with E-state index in [-0.39, 0.29) is 24.1 Å². The normalized spacial score (nSPS) is 16.6. The van der Waals surface area contributed by atoms with E-state index in [9.17, 15) is 14.4 Å². The fraction of sp³-hybridized carbons (Fsp3) is 0.276. The molecule has 2 atom stereocenters. The molecular weight excluding hydrogens is 530 g/mol. The lowest BCUT2D eigenvalue weighted by molar-refractivity contribution is -0.128. The molecule has 10 heteroatoms. The molecule has 0 aliphatic carbocycles. The molecule has 2 N–H and O–H groups in total. The molecule has 2 aliphatic heterocycles. The smallest absolute Gasteiger partial charge is 0.259 e. The molecule has 0 unspecified atom stereocenters. The van der Waals surface area contributed by atoms with Gasteiger partial charge in [-0.05, 0) is 54.1 Å². The first kappa shape index (κ1) is 26.8. The van der Waals surface area contributed by atoms with Gasteiger partial charge in [0.2, 0.25) is 11.8 Å². The van der Waals surface area contributed by atoms with E-state index in [0.717, 1.165) is 22.5 Å².